The standard InChI is InChI=1S/C14H19F2N3O5.ClH/c1-24-11-7-9(19(22)23)6-10(12(11)21)13(14(15,16)8-20)18-4-2-17-3-5-18;/h6-7,13,17,20-21H,2-5,8H2,1H3;1H/t13-;/m0./s1. The number of non-ortho nitro benzene ring substituents is 1. The zero-order chi connectivity index (χ0) is 17.9. The molecule has 0 spiro atoms. The SMILES string of the molecule is COc1cc([N+](=O)[O-])cc([C@H](N2CCNCC2)C(F)(F)CO)c1O.Cl. The fourth-order valence-corrected chi connectivity index (χ4v) is 2.80. The van der Waals surface area contributed by atoms with E-state index in [9.17, 15) is 24.0 Å². The number of benzene rings is 1. The lowest BCUT2D eigenvalue weighted by molar-refractivity contribution is -0.385. The van der Waals surface area contributed by atoms with E-state index in [-0.39, 0.29) is 36.8 Å². The number of aromatic hydroxyl groups is 1. The lowest BCUT2D eigenvalue weighted by atomic mass is 9.96. The Labute approximate surface area is 148 Å². The second-order valence-electron chi connectivity index (χ2n) is 5.45. The third-order valence-corrected chi connectivity index (χ3v) is 3.94. The maximum Gasteiger partial charge on any atom is 0.290 e. The Morgan fingerprint density at radius 1 is 1.44 bits per heavy atom. The van der Waals surface area contributed by atoms with Gasteiger partial charge >= 0.3 is 0 Å². The largest absolute Gasteiger partial charge is 0.504 e. The molecule has 142 valence electrons. The molecule has 0 amide bonds. The minimum absolute atomic E-state index is 0. The number of phenolic OH excluding ortho intramolecular Hbond substituents is 1. The van der Waals surface area contributed by atoms with Gasteiger partial charge in [-0.3, -0.25) is 15.0 Å². The minimum atomic E-state index is -3.60. The summed E-state index contributed by atoms with van der Waals surface area (Å²) in [5.74, 6) is -4.47. The number of hydrogen-bond acceptors (Lipinski definition) is 7. The highest BCUT2D eigenvalue weighted by atomic mass is 35.5. The number of hydrogen-bond donors (Lipinski definition) is 3. The lowest BCUT2D eigenvalue weighted by Crippen LogP contribution is -2.51. The average molecular weight is 384 g/mol. The first-order valence-electron chi connectivity index (χ1n) is 7.30. The van der Waals surface area contributed by atoms with Crippen molar-refractivity contribution in [3.63, 3.8) is 0 Å². The summed E-state index contributed by atoms with van der Waals surface area (Å²) in [6, 6.07) is 0.150. The molecule has 0 saturated carbocycles. The van der Waals surface area contributed by atoms with Crippen molar-refractivity contribution < 1.29 is 28.7 Å². The van der Waals surface area contributed by atoms with Crippen LogP contribution in [-0.2, 0) is 0 Å². The van der Waals surface area contributed by atoms with Crippen molar-refractivity contribution in [1.82, 2.24) is 10.2 Å². The lowest BCUT2D eigenvalue weighted by Gasteiger charge is -2.38. The molecule has 0 unspecified atom stereocenters. The van der Waals surface area contributed by atoms with Gasteiger partial charge < -0.3 is 20.3 Å². The van der Waals surface area contributed by atoms with Gasteiger partial charge in [0.2, 0.25) is 0 Å². The highest BCUT2D eigenvalue weighted by Crippen LogP contribution is 2.45. The molecule has 1 saturated heterocycles. The quantitative estimate of drug-likeness (QED) is 0.502. The molecule has 3 N–H and O–H groups in total. The summed E-state index contributed by atoms with van der Waals surface area (Å²) in [5, 5.41) is 33.4. The van der Waals surface area contributed by atoms with Gasteiger partial charge in [-0.05, 0) is 0 Å². The molecule has 25 heavy (non-hydrogen) atoms. The Bertz CT molecular complexity index is 614. The number of ether oxygens (including phenoxy) is 1. The zero-order valence-electron chi connectivity index (χ0n) is 13.4. The van der Waals surface area contributed by atoms with Crippen molar-refractivity contribution >= 4 is 18.1 Å². The first kappa shape index (κ1) is 21.3. The summed E-state index contributed by atoms with van der Waals surface area (Å²) in [6.07, 6.45) is 0. The van der Waals surface area contributed by atoms with E-state index in [1.54, 1.807) is 0 Å². The van der Waals surface area contributed by atoms with E-state index >= 15 is 0 Å². The monoisotopic (exact) mass is 383 g/mol. The van der Waals surface area contributed by atoms with Crippen LogP contribution in [0.15, 0.2) is 12.1 Å². The number of piperazine rings is 1. The van der Waals surface area contributed by atoms with Crippen LogP contribution in [0.1, 0.15) is 11.6 Å². The van der Waals surface area contributed by atoms with E-state index < -0.39 is 34.9 Å². The summed E-state index contributed by atoms with van der Waals surface area (Å²) in [6.45, 7) is -0.0723. The molecule has 1 aromatic carbocycles. The number of nitro benzene ring substituents is 1. The number of nitro groups is 1. The number of aliphatic hydroxyl groups is 1. The van der Waals surface area contributed by atoms with Crippen LogP contribution in [0.25, 0.3) is 0 Å². The van der Waals surface area contributed by atoms with Gasteiger partial charge in [0.05, 0.1) is 18.1 Å². The molecule has 2 rings (SSSR count). The number of alkyl halides is 2. The van der Waals surface area contributed by atoms with E-state index in [1.807, 2.05) is 0 Å². The van der Waals surface area contributed by atoms with Gasteiger partial charge in [0.15, 0.2) is 11.5 Å². The summed E-state index contributed by atoms with van der Waals surface area (Å²) < 4.78 is 33.7. The molecular formula is C14H20ClF2N3O5. The maximum absolute atomic E-state index is 14.4. The fourth-order valence-electron chi connectivity index (χ4n) is 2.80. The third-order valence-electron chi connectivity index (χ3n) is 3.94. The highest BCUT2D eigenvalue weighted by Gasteiger charge is 2.46. The molecule has 11 heteroatoms. The van der Waals surface area contributed by atoms with Crippen LogP contribution >= 0.6 is 12.4 Å². The van der Waals surface area contributed by atoms with Crippen LogP contribution in [0.4, 0.5) is 14.5 Å². The number of aliphatic hydroxyl groups excluding tert-OH is 1. The van der Waals surface area contributed by atoms with Crippen molar-refractivity contribution in [2.24, 2.45) is 0 Å². The van der Waals surface area contributed by atoms with Gasteiger partial charge in [0, 0.05) is 37.8 Å². The van der Waals surface area contributed by atoms with Crippen LogP contribution < -0.4 is 10.1 Å². The van der Waals surface area contributed by atoms with Crippen LogP contribution in [0.2, 0.25) is 0 Å². The van der Waals surface area contributed by atoms with Crippen molar-refractivity contribution in [3.8, 4) is 11.5 Å². The molecule has 1 aliphatic rings. The molecule has 1 fully saturated rings. The van der Waals surface area contributed by atoms with Crippen molar-refractivity contribution in [1.29, 1.82) is 0 Å². The van der Waals surface area contributed by atoms with Gasteiger partial charge in [-0.2, -0.15) is 0 Å². The first-order chi connectivity index (χ1) is 11.3. The molecule has 0 radical (unpaired) electrons. The molecule has 0 aliphatic carbocycles. The molecule has 1 aliphatic heterocycles. The number of rotatable bonds is 6. The molecule has 1 atom stereocenters. The number of methoxy groups -OCH3 is 1. The van der Waals surface area contributed by atoms with Gasteiger partial charge in [0.25, 0.3) is 11.6 Å². The summed E-state index contributed by atoms with van der Waals surface area (Å²) >= 11 is 0. The van der Waals surface area contributed by atoms with Crippen LogP contribution in [-0.4, -0.2) is 65.9 Å². The first-order valence-corrected chi connectivity index (χ1v) is 7.30. The smallest absolute Gasteiger partial charge is 0.290 e. The predicted molar refractivity (Wildman–Crippen MR) is 87.8 cm³/mol. The van der Waals surface area contributed by atoms with Gasteiger partial charge in [0.1, 0.15) is 12.6 Å². The predicted octanol–water partition coefficient (Wildman–Crippen LogP) is 1.30. The third kappa shape index (κ3) is 4.46. The van der Waals surface area contributed by atoms with E-state index in [4.69, 9.17) is 9.84 Å². The number of phenols is 1. The topological polar surface area (TPSA) is 108 Å². The normalized spacial score (nSPS) is 16.8. The fraction of sp³-hybridized carbons (Fsp3) is 0.571. The Morgan fingerprint density at radius 2 is 2.04 bits per heavy atom. The van der Waals surface area contributed by atoms with Crippen molar-refractivity contribution in [2.75, 3.05) is 39.9 Å². The molecule has 8 nitrogen and oxygen atoms in total. The number of halogens is 3. The van der Waals surface area contributed by atoms with Gasteiger partial charge in [-0.1, -0.05) is 0 Å². The van der Waals surface area contributed by atoms with E-state index in [0.717, 1.165) is 12.1 Å². The summed E-state index contributed by atoms with van der Waals surface area (Å²) in [5.41, 5.74) is -0.824. The number of nitrogens with zero attached hydrogens (tertiary/aromatic N) is 2. The van der Waals surface area contributed by atoms with Crippen molar-refractivity contribution in [2.45, 2.75) is 12.0 Å². The van der Waals surface area contributed by atoms with Crippen LogP contribution in [0.3, 0.4) is 0 Å². The number of nitrogens with one attached hydrogen (secondary N) is 1. The van der Waals surface area contributed by atoms with Gasteiger partial charge in [-0.25, -0.2) is 8.78 Å². The van der Waals surface area contributed by atoms with E-state index in [0.29, 0.717) is 13.1 Å². The van der Waals surface area contributed by atoms with Crippen LogP contribution in [0.5, 0.6) is 11.5 Å². The summed E-state index contributed by atoms with van der Waals surface area (Å²) in [7, 11) is 1.17. The minimum Gasteiger partial charge on any atom is -0.504 e. The van der Waals surface area contributed by atoms with Crippen molar-refractivity contribution in [3.05, 3.63) is 27.8 Å². The Balaban J connectivity index is 0.00000312. The Hall–Kier alpha value is -1.75. The van der Waals surface area contributed by atoms with Gasteiger partial charge in [-0.15, -0.1) is 12.4 Å². The molecule has 0 aromatic heterocycles. The second kappa shape index (κ2) is 8.56. The van der Waals surface area contributed by atoms with Crippen LogP contribution in [0, 0.1) is 10.1 Å². The zero-order valence-corrected chi connectivity index (χ0v) is 14.3. The van der Waals surface area contributed by atoms with E-state index in [1.165, 1.54) is 12.0 Å². The molecular weight excluding hydrogens is 364 g/mol. The second-order valence-corrected chi connectivity index (χ2v) is 5.45. The summed E-state index contributed by atoms with van der Waals surface area (Å²) in [4.78, 5) is 11.7. The molecule has 1 heterocycles. The van der Waals surface area contributed by atoms with E-state index in [2.05, 4.69) is 5.32 Å². The average Bonchev–Trinajstić information content (AvgIpc) is 2.57. The molecule has 1 aromatic rings. The Kier molecular flexibility index (Phi) is 7.29. The maximum atomic E-state index is 14.4. The molecule has 0 bridgehead atoms. The Morgan fingerprint density at radius 3 is 2.52 bits per heavy atom. The highest BCUT2D eigenvalue weighted by molar-refractivity contribution is 5.85.